The van der Waals surface area contributed by atoms with E-state index in [1.165, 1.54) is 7.11 Å². The van der Waals surface area contributed by atoms with Gasteiger partial charge in [-0.25, -0.2) is 4.98 Å². The number of benzene rings is 2. The first-order valence-electron chi connectivity index (χ1n) is 8.25. The first-order valence-corrected chi connectivity index (χ1v) is 9.00. The van der Waals surface area contributed by atoms with Crippen molar-refractivity contribution in [2.75, 3.05) is 13.7 Å². The van der Waals surface area contributed by atoms with Crippen molar-refractivity contribution in [3.05, 3.63) is 57.8 Å². The van der Waals surface area contributed by atoms with Crippen LogP contribution in [0.4, 0.5) is 0 Å². The molecule has 0 aliphatic carbocycles. The van der Waals surface area contributed by atoms with Gasteiger partial charge in [0.1, 0.15) is 11.4 Å². The fraction of sp³-hybridized carbons (Fsp3) is 0.263. The maximum absolute atomic E-state index is 12.5. The van der Waals surface area contributed by atoms with Crippen molar-refractivity contribution < 1.29 is 9.53 Å². The zero-order chi connectivity index (χ0) is 18.7. The van der Waals surface area contributed by atoms with Gasteiger partial charge in [-0.05, 0) is 37.6 Å². The maximum Gasteiger partial charge on any atom is 0.256 e. The lowest BCUT2D eigenvalue weighted by Gasteiger charge is -2.13. The Morgan fingerprint density at radius 3 is 2.69 bits per heavy atom. The minimum atomic E-state index is -0.304. The van der Waals surface area contributed by atoms with Gasteiger partial charge < -0.3 is 14.6 Å². The highest BCUT2D eigenvalue weighted by Gasteiger charge is 2.19. The number of aryl methyl sites for hydroxylation is 2. The van der Waals surface area contributed by atoms with Crippen LogP contribution in [0.3, 0.4) is 0 Å². The molecule has 136 valence electrons. The number of rotatable bonds is 6. The van der Waals surface area contributed by atoms with E-state index in [2.05, 4.69) is 14.9 Å². The Morgan fingerprint density at radius 2 is 1.92 bits per heavy atom. The predicted octanol–water partition coefficient (Wildman–Crippen LogP) is 4.48. The van der Waals surface area contributed by atoms with Crippen molar-refractivity contribution in [3.63, 3.8) is 0 Å². The van der Waals surface area contributed by atoms with E-state index in [4.69, 9.17) is 27.9 Å². The molecule has 1 heterocycles. The summed E-state index contributed by atoms with van der Waals surface area (Å²) in [4.78, 5) is 17.0. The lowest BCUT2D eigenvalue weighted by molar-refractivity contribution is 0.0950. The van der Waals surface area contributed by atoms with Gasteiger partial charge in [0.15, 0.2) is 5.75 Å². The zero-order valence-corrected chi connectivity index (χ0v) is 16.1. The molecule has 1 aromatic heterocycles. The number of imidazole rings is 1. The molecular weight excluding hydrogens is 373 g/mol. The number of carbonyl (C=O) groups is 1. The molecule has 0 aliphatic heterocycles. The molecule has 0 atom stereocenters. The Morgan fingerprint density at radius 1 is 1.19 bits per heavy atom. The number of ether oxygens (including phenoxy) is 1. The lowest BCUT2D eigenvalue weighted by atomic mass is 10.2. The van der Waals surface area contributed by atoms with Gasteiger partial charge in [0.25, 0.3) is 5.91 Å². The number of amides is 1. The molecule has 0 unspecified atom stereocenters. The standard InChI is InChI=1S/C19H19Cl2N3O2/c1-12-23-15-6-3-4-7-16(15)24(12)11-5-10-22-19(25)17-13(20)8-9-14(21)18(17)26-2/h3-4,6-9H,5,10-11H2,1-2H3,(H,22,25). The van der Waals surface area contributed by atoms with E-state index in [1.807, 2.05) is 31.2 Å². The Hall–Kier alpha value is -2.24. The molecule has 3 rings (SSSR count). The van der Waals surface area contributed by atoms with Crippen LogP contribution in [0.1, 0.15) is 22.6 Å². The number of hydrogen-bond acceptors (Lipinski definition) is 3. The summed E-state index contributed by atoms with van der Waals surface area (Å²) in [5, 5.41) is 3.53. The van der Waals surface area contributed by atoms with Gasteiger partial charge in [-0.1, -0.05) is 35.3 Å². The average molecular weight is 392 g/mol. The van der Waals surface area contributed by atoms with Crippen molar-refractivity contribution in [3.8, 4) is 5.75 Å². The minimum Gasteiger partial charge on any atom is -0.494 e. The van der Waals surface area contributed by atoms with Crippen LogP contribution < -0.4 is 10.1 Å². The van der Waals surface area contributed by atoms with Gasteiger partial charge in [-0.2, -0.15) is 0 Å². The zero-order valence-electron chi connectivity index (χ0n) is 14.6. The Kier molecular flexibility index (Phi) is 5.69. The van der Waals surface area contributed by atoms with Crippen LogP contribution in [0.15, 0.2) is 36.4 Å². The molecule has 0 spiro atoms. The molecule has 2 aromatic carbocycles. The molecule has 5 nitrogen and oxygen atoms in total. The smallest absolute Gasteiger partial charge is 0.256 e. The average Bonchev–Trinajstić information content (AvgIpc) is 2.95. The van der Waals surface area contributed by atoms with Crippen molar-refractivity contribution >= 4 is 40.1 Å². The second kappa shape index (κ2) is 7.98. The summed E-state index contributed by atoms with van der Waals surface area (Å²) in [6.45, 7) is 3.24. The number of halogens is 2. The fourth-order valence-corrected chi connectivity index (χ4v) is 3.42. The second-order valence-corrected chi connectivity index (χ2v) is 6.66. The molecule has 0 aliphatic rings. The number of hydrogen-bond donors (Lipinski definition) is 1. The van der Waals surface area contributed by atoms with Crippen LogP contribution >= 0.6 is 23.2 Å². The summed E-state index contributed by atoms with van der Waals surface area (Å²) >= 11 is 12.2. The van der Waals surface area contributed by atoms with Crippen LogP contribution in [0, 0.1) is 6.92 Å². The van der Waals surface area contributed by atoms with Gasteiger partial charge in [-0.3, -0.25) is 4.79 Å². The van der Waals surface area contributed by atoms with Gasteiger partial charge >= 0.3 is 0 Å². The second-order valence-electron chi connectivity index (χ2n) is 5.85. The first kappa shape index (κ1) is 18.5. The van der Waals surface area contributed by atoms with E-state index in [9.17, 15) is 4.79 Å². The molecule has 0 bridgehead atoms. The summed E-state index contributed by atoms with van der Waals surface area (Å²) in [6.07, 6.45) is 0.757. The van der Waals surface area contributed by atoms with E-state index >= 15 is 0 Å². The van der Waals surface area contributed by atoms with E-state index < -0.39 is 0 Å². The van der Waals surface area contributed by atoms with E-state index in [-0.39, 0.29) is 17.2 Å². The van der Waals surface area contributed by atoms with Crippen LogP contribution in [-0.4, -0.2) is 29.1 Å². The van der Waals surface area contributed by atoms with Gasteiger partial charge in [-0.15, -0.1) is 0 Å². The molecule has 1 amide bonds. The topological polar surface area (TPSA) is 56.1 Å². The molecule has 0 radical (unpaired) electrons. The van der Waals surface area contributed by atoms with Crippen molar-refractivity contribution in [1.29, 1.82) is 0 Å². The van der Waals surface area contributed by atoms with Crippen LogP contribution in [0.25, 0.3) is 11.0 Å². The minimum absolute atomic E-state index is 0.255. The number of carbonyl (C=O) groups excluding carboxylic acids is 1. The van der Waals surface area contributed by atoms with Crippen molar-refractivity contribution in [2.45, 2.75) is 19.9 Å². The van der Waals surface area contributed by atoms with Gasteiger partial charge in [0, 0.05) is 13.1 Å². The maximum atomic E-state index is 12.5. The summed E-state index contributed by atoms with van der Waals surface area (Å²) in [7, 11) is 1.46. The van der Waals surface area contributed by atoms with Crippen LogP contribution in [-0.2, 0) is 6.54 Å². The molecule has 3 aromatic rings. The summed E-state index contributed by atoms with van der Waals surface area (Å²) in [6, 6.07) is 11.2. The molecule has 26 heavy (non-hydrogen) atoms. The number of nitrogens with zero attached hydrogens (tertiary/aromatic N) is 2. The number of fused-ring (bicyclic) bond motifs is 1. The van der Waals surface area contributed by atoms with E-state index in [1.54, 1.807) is 12.1 Å². The van der Waals surface area contributed by atoms with E-state index in [0.29, 0.717) is 16.6 Å². The SMILES string of the molecule is COc1c(Cl)ccc(Cl)c1C(=O)NCCCn1c(C)nc2ccccc21. The molecule has 0 saturated heterocycles. The van der Waals surface area contributed by atoms with Crippen LogP contribution in [0.5, 0.6) is 5.75 Å². The number of para-hydroxylation sites is 2. The molecule has 0 saturated carbocycles. The predicted molar refractivity (Wildman–Crippen MR) is 104 cm³/mol. The van der Waals surface area contributed by atoms with Crippen LogP contribution in [0.2, 0.25) is 10.0 Å². The molecule has 7 heteroatoms. The lowest BCUT2D eigenvalue weighted by Crippen LogP contribution is -2.26. The summed E-state index contributed by atoms with van der Waals surface area (Å²) < 4.78 is 7.36. The van der Waals surface area contributed by atoms with Crippen molar-refractivity contribution in [1.82, 2.24) is 14.9 Å². The first-order chi connectivity index (χ1) is 12.5. The number of nitrogens with one attached hydrogen (secondary N) is 1. The summed E-state index contributed by atoms with van der Waals surface area (Å²) in [5.41, 5.74) is 2.33. The quantitative estimate of drug-likeness (QED) is 0.630. The Balaban J connectivity index is 1.65. The third-order valence-electron chi connectivity index (χ3n) is 4.18. The third kappa shape index (κ3) is 3.64. The summed E-state index contributed by atoms with van der Waals surface area (Å²) in [5.74, 6) is 0.937. The number of methoxy groups -OCH3 is 1. The monoisotopic (exact) mass is 391 g/mol. The van der Waals surface area contributed by atoms with E-state index in [0.717, 1.165) is 29.8 Å². The Labute approximate surface area is 161 Å². The normalized spacial score (nSPS) is 10.9. The Bertz CT molecular complexity index is 953. The molecular formula is C19H19Cl2N3O2. The van der Waals surface area contributed by atoms with Gasteiger partial charge in [0.05, 0.1) is 28.2 Å². The fourth-order valence-electron chi connectivity index (χ4n) is 2.95. The molecule has 1 N–H and O–H groups in total. The highest BCUT2D eigenvalue weighted by atomic mass is 35.5. The van der Waals surface area contributed by atoms with Gasteiger partial charge in [0.2, 0.25) is 0 Å². The number of aromatic nitrogens is 2. The molecule has 0 fully saturated rings. The van der Waals surface area contributed by atoms with Crippen molar-refractivity contribution in [2.24, 2.45) is 0 Å². The highest BCUT2D eigenvalue weighted by Crippen LogP contribution is 2.33. The third-order valence-corrected chi connectivity index (χ3v) is 4.79. The highest BCUT2D eigenvalue weighted by molar-refractivity contribution is 6.37. The largest absolute Gasteiger partial charge is 0.494 e.